The second-order valence-corrected chi connectivity index (χ2v) is 2.66. The minimum atomic E-state index is -0.103. The van der Waals surface area contributed by atoms with E-state index in [0.29, 0.717) is 18.1 Å². The first-order valence-electron chi connectivity index (χ1n) is 3.81. The van der Waals surface area contributed by atoms with E-state index in [4.69, 9.17) is 5.11 Å². The Balaban J connectivity index is 3.19. The van der Waals surface area contributed by atoms with Gasteiger partial charge in [0.05, 0.1) is 13.2 Å². The number of aryl methyl sites for hydroxylation is 2. The lowest BCUT2D eigenvalue weighted by atomic mass is 10.4. The van der Waals surface area contributed by atoms with Gasteiger partial charge in [-0.25, -0.2) is 4.98 Å². The number of aromatic nitrogens is 2. The Kier molecular flexibility index (Phi) is 2.60. The standard InChI is InChI=1S/C8H12N2O2/c1-6-5-8(12)10(3-4-11)7(2)9-6/h5,11H,3-4H2,1-2H3. The van der Waals surface area contributed by atoms with Gasteiger partial charge < -0.3 is 5.11 Å². The minimum absolute atomic E-state index is 0.0362. The van der Waals surface area contributed by atoms with Gasteiger partial charge in [-0.3, -0.25) is 9.36 Å². The van der Waals surface area contributed by atoms with Crippen LogP contribution >= 0.6 is 0 Å². The van der Waals surface area contributed by atoms with Crippen LogP contribution in [0.1, 0.15) is 11.5 Å². The number of nitrogens with zero attached hydrogens (tertiary/aromatic N) is 2. The molecule has 0 atom stereocenters. The molecule has 1 N–H and O–H groups in total. The zero-order chi connectivity index (χ0) is 9.14. The van der Waals surface area contributed by atoms with Crippen molar-refractivity contribution < 1.29 is 5.11 Å². The molecule has 0 saturated heterocycles. The highest BCUT2D eigenvalue weighted by Gasteiger charge is 2.00. The lowest BCUT2D eigenvalue weighted by molar-refractivity contribution is 0.272. The monoisotopic (exact) mass is 168 g/mol. The quantitative estimate of drug-likeness (QED) is 0.668. The lowest BCUT2D eigenvalue weighted by Gasteiger charge is -2.06. The molecule has 4 nitrogen and oxygen atoms in total. The summed E-state index contributed by atoms with van der Waals surface area (Å²) in [5.41, 5.74) is 0.612. The van der Waals surface area contributed by atoms with Gasteiger partial charge in [0.25, 0.3) is 5.56 Å². The van der Waals surface area contributed by atoms with Crippen LogP contribution in [0.15, 0.2) is 10.9 Å². The molecular formula is C8H12N2O2. The van der Waals surface area contributed by atoms with Crippen molar-refractivity contribution in [3.05, 3.63) is 27.9 Å². The molecule has 0 aliphatic heterocycles. The van der Waals surface area contributed by atoms with Crippen molar-refractivity contribution in [1.82, 2.24) is 9.55 Å². The molecule has 0 unspecified atom stereocenters. The van der Waals surface area contributed by atoms with Crippen molar-refractivity contribution >= 4 is 0 Å². The fourth-order valence-corrected chi connectivity index (χ4v) is 1.14. The normalized spacial score (nSPS) is 10.2. The van der Waals surface area contributed by atoms with Gasteiger partial charge in [-0.05, 0) is 13.8 Å². The van der Waals surface area contributed by atoms with Crippen LogP contribution in [0.5, 0.6) is 0 Å². The molecule has 4 heteroatoms. The smallest absolute Gasteiger partial charge is 0.253 e. The molecule has 1 aromatic heterocycles. The molecule has 0 aliphatic rings. The van der Waals surface area contributed by atoms with Gasteiger partial charge in [-0.1, -0.05) is 0 Å². The average Bonchev–Trinajstić information content (AvgIpc) is 1.96. The molecule has 0 fully saturated rings. The van der Waals surface area contributed by atoms with Crippen LogP contribution in [0.25, 0.3) is 0 Å². The molecule has 0 radical (unpaired) electrons. The van der Waals surface area contributed by atoms with Crippen LogP contribution < -0.4 is 5.56 Å². The number of aliphatic hydroxyl groups is 1. The molecule has 1 heterocycles. The van der Waals surface area contributed by atoms with Gasteiger partial charge in [-0.15, -0.1) is 0 Å². The van der Waals surface area contributed by atoms with Crippen LogP contribution in [-0.2, 0) is 6.54 Å². The minimum Gasteiger partial charge on any atom is -0.395 e. The van der Waals surface area contributed by atoms with E-state index in [9.17, 15) is 4.79 Å². The Bertz CT molecular complexity index is 330. The van der Waals surface area contributed by atoms with E-state index >= 15 is 0 Å². The third kappa shape index (κ3) is 1.71. The lowest BCUT2D eigenvalue weighted by Crippen LogP contribution is -2.24. The maximum Gasteiger partial charge on any atom is 0.253 e. The Morgan fingerprint density at radius 3 is 2.75 bits per heavy atom. The Morgan fingerprint density at radius 2 is 2.25 bits per heavy atom. The summed E-state index contributed by atoms with van der Waals surface area (Å²) in [5, 5.41) is 8.65. The predicted molar refractivity (Wildman–Crippen MR) is 45.1 cm³/mol. The molecule has 1 rings (SSSR count). The highest BCUT2D eigenvalue weighted by atomic mass is 16.3. The van der Waals surface area contributed by atoms with Gasteiger partial charge in [-0.2, -0.15) is 0 Å². The van der Waals surface area contributed by atoms with Gasteiger partial charge in [0.1, 0.15) is 5.82 Å². The van der Waals surface area contributed by atoms with Crippen LogP contribution in [0, 0.1) is 13.8 Å². The van der Waals surface area contributed by atoms with E-state index < -0.39 is 0 Å². The summed E-state index contributed by atoms with van der Waals surface area (Å²) in [6.45, 7) is 3.81. The first-order valence-corrected chi connectivity index (χ1v) is 3.81. The summed E-state index contributed by atoms with van der Waals surface area (Å²) in [6.07, 6.45) is 0. The predicted octanol–water partition coefficient (Wildman–Crippen LogP) is -0.148. The molecule has 0 saturated carbocycles. The number of hydrogen-bond acceptors (Lipinski definition) is 3. The van der Waals surface area contributed by atoms with E-state index in [0.717, 1.165) is 0 Å². The summed E-state index contributed by atoms with van der Waals surface area (Å²) in [4.78, 5) is 15.4. The van der Waals surface area contributed by atoms with Crippen molar-refractivity contribution in [2.45, 2.75) is 20.4 Å². The average molecular weight is 168 g/mol. The van der Waals surface area contributed by atoms with E-state index in [1.165, 1.54) is 10.6 Å². The molecule has 1 aromatic rings. The molecule has 0 spiro atoms. The van der Waals surface area contributed by atoms with Crippen LogP contribution in [0.2, 0.25) is 0 Å². The van der Waals surface area contributed by atoms with Crippen molar-refractivity contribution in [2.75, 3.05) is 6.61 Å². The third-order valence-corrected chi connectivity index (χ3v) is 1.65. The zero-order valence-corrected chi connectivity index (χ0v) is 7.24. The highest BCUT2D eigenvalue weighted by molar-refractivity contribution is 5.01. The first kappa shape index (κ1) is 8.93. The van der Waals surface area contributed by atoms with Crippen LogP contribution in [0.3, 0.4) is 0 Å². The first-order chi connectivity index (χ1) is 5.65. The molecule has 66 valence electrons. The van der Waals surface area contributed by atoms with Crippen molar-refractivity contribution in [3.8, 4) is 0 Å². The fourth-order valence-electron chi connectivity index (χ4n) is 1.14. The van der Waals surface area contributed by atoms with Crippen molar-refractivity contribution in [3.63, 3.8) is 0 Å². The molecular weight excluding hydrogens is 156 g/mol. The molecule has 0 aliphatic carbocycles. The second-order valence-electron chi connectivity index (χ2n) is 2.66. The summed E-state index contributed by atoms with van der Waals surface area (Å²) in [7, 11) is 0. The SMILES string of the molecule is Cc1cc(=O)n(CCO)c(C)n1. The van der Waals surface area contributed by atoms with Gasteiger partial charge in [0, 0.05) is 11.8 Å². The van der Waals surface area contributed by atoms with Gasteiger partial charge >= 0.3 is 0 Å². The summed E-state index contributed by atoms with van der Waals surface area (Å²) in [6, 6.07) is 1.46. The number of rotatable bonds is 2. The largest absolute Gasteiger partial charge is 0.395 e. The van der Waals surface area contributed by atoms with Crippen LogP contribution in [-0.4, -0.2) is 21.3 Å². The number of hydrogen-bond donors (Lipinski definition) is 1. The Hall–Kier alpha value is -1.16. The maximum atomic E-state index is 11.3. The highest BCUT2D eigenvalue weighted by Crippen LogP contribution is 1.92. The third-order valence-electron chi connectivity index (χ3n) is 1.65. The topological polar surface area (TPSA) is 55.1 Å². The summed E-state index contributed by atoms with van der Waals surface area (Å²) >= 11 is 0. The van der Waals surface area contributed by atoms with E-state index in [1.54, 1.807) is 13.8 Å². The summed E-state index contributed by atoms with van der Waals surface area (Å²) in [5.74, 6) is 0.647. The number of aliphatic hydroxyl groups excluding tert-OH is 1. The zero-order valence-electron chi connectivity index (χ0n) is 7.24. The maximum absolute atomic E-state index is 11.3. The van der Waals surface area contributed by atoms with Crippen molar-refractivity contribution in [2.24, 2.45) is 0 Å². The molecule has 12 heavy (non-hydrogen) atoms. The Morgan fingerprint density at radius 1 is 1.58 bits per heavy atom. The van der Waals surface area contributed by atoms with Gasteiger partial charge in [0.2, 0.25) is 0 Å². The fraction of sp³-hybridized carbons (Fsp3) is 0.500. The van der Waals surface area contributed by atoms with Crippen LogP contribution in [0.4, 0.5) is 0 Å². The molecule has 0 amide bonds. The second kappa shape index (κ2) is 3.49. The molecule has 0 aromatic carbocycles. The van der Waals surface area contributed by atoms with E-state index in [1.807, 2.05) is 0 Å². The van der Waals surface area contributed by atoms with E-state index in [2.05, 4.69) is 4.98 Å². The summed E-state index contributed by atoms with van der Waals surface area (Å²) < 4.78 is 1.45. The van der Waals surface area contributed by atoms with Gasteiger partial charge in [0.15, 0.2) is 0 Å². The Labute approximate surface area is 70.5 Å². The van der Waals surface area contributed by atoms with E-state index in [-0.39, 0.29) is 12.2 Å². The molecule has 0 bridgehead atoms. The van der Waals surface area contributed by atoms with Crippen molar-refractivity contribution in [1.29, 1.82) is 0 Å².